The molecule has 0 aliphatic carbocycles. The van der Waals surface area contributed by atoms with Crippen LogP contribution in [-0.4, -0.2) is 32.8 Å². The van der Waals surface area contributed by atoms with Crippen molar-refractivity contribution in [3.05, 3.63) is 29.6 Å². The maximum atomic E-state index is 13.7. The van der Waals surface area contributed by atoms with Gasteiger partial charge in [0.15, 0.2) is 0 Å². The highest BCUT2D eigenvalue weighted by molar-refractivity contribution is 7.85. The highest BCUT2D eigenvalue weighted by Gasteiger charge is 2.19. The fourth-order valence-electron chi connectivity index (χ4n) is 1.92. The lowest BCUT2D eigenvalue weighted by Gasteiger charge is -2.23. The number of hydrogen-bond donors (Lipinski definition) is 2. The first-order valence-corrected chi connectivity index (χ1v) is 7.19. The van der Waals surface area contributed by atoms with E-state index < -0.39 is 22.6 Å². The van der Waals surface area contributed by atoms with Gasteiger partial charge in [0.05, 0.1) is 11.3 Å². The van der Waals surface area contributed by atoms with E-state index in [1.54, 1.807) is 0 Å². The van der Waals surface area contributed by atoms with Crippen LogP contribution in [0.4, 0.5) is 10.1 Å². The molecule has 18 heavy (non-hydrogen) atoms. The van der Waals surface area contributed by atoms with E-state index >= 15 is 0 Å². The molecule has 0 saturated carbocycles. The highest BCUT2D eigenvalue weighted by atomic mass is 32.2. The predicted molar refractivity (Wildman–Crippen MR) is 67.9 cm³/mol. The molecule has 1 aromatic carbocycles. The van der Waals surface area contributed by atoms with E-state index in [2.05, 4.69) is 5.32 Å². The molecule has 0 aromatic heterocycles. The fraction of sp³-hybridized carbons (Fsp3) is 0.417. The molecule has 0 amide bonds. The maximum absolute atomic E-state index is 13.7. The smallest absolute Gasteiger partial charge is 0.335 e. The minimum Gasteiger partial charge on any atom is -0.478 e. The van der Waals surface area contributed by atoms with Crippen LogP contribution in [0.3, 0.4) is 0 Å². The molecule has 0 atom stereocenters. The summed E-state index contributed by atoms with van der Waals surface area (Å²) in [5.74, 6) is -0.450. The van der Waals surface area contributed by atoms with Crippen molar-refractivity contribution in [2.45, 2.75) is 18.9 Å². The van der Waals surface area contributed by atoms with Gasteiger partial charge in [-0.3, -0.25) is 4.21 Å². The molecule has 4 nitrogen and oxygen atoms in total. The number of benzene rings is 1. The lowest BCUT2D eigenvalue weighted by Crippen LogP contribution is -2.29. The van der Waals surface area contributed by atoms with Gasteiger partial charge in [0.2, 0.25) is 0 Å². The summed E-state index contributed by atoms with van der Waals surface area (Å²) in [7, 11) is -0.746. The van der Waals surface area contributed by atoms with Crippen molar-refractivity contribution in [2.24, 2.45) is 0 Å². The third kappa shape index (κ3) is 3.07. The normalized spacial score (nSPS) is 23.6. The van der Waals surface area contributed by atoms with E-state index in [-0.39, 0.29) is 11.6 Å². The van der Waals surface area contributed by atoms with Gasteiger partial charge in [-0.15, -0.1) is 0 Å². The van der Waals surface area contributed by atoms with Crippen molar-refractivity contribution in [3.8, 4) is 0 Å². The minimum atomic E-state index is -1.14. The summed E-state index contributed by atoms with van der Waals surface area (Å²) in [6, 6.07) is 3.91. The Morgan fingerprint density at radius 3 is 2.61 bits per heavy atom. The lowest BCUT2D eigenvalue weighted by molar-refractivity contribution is 0.0696. The fourth-order valence-corrected chi connectivity index (χ4v) is 3.22. The number of hydrogen-bond acceptors (Lipinski definition) is 3. The molecule has 1 saturated heterocycles. The molecule has 1 fully saturated rings. The lowest BCUT2D eigenvalue weighted by atomic mass is 10.1. The van der Waals surface area contributed by atoms with Crippen LogP contribution in [0, 0.1) is 5.82 Å². The van der Waals surface area contributed by atoms with Crippen molar-refractivity contribution in [3.63, 3.8) is 0 Å². The number of aromatic carboxylic acids is 1. The third-order valence-electron chi connectivity index (χ3n) is 2.96. The van der Waals surface area contributed by atoms with Crippen molar-refractivity contribution < 1.29 is 18.5 Å². The quantitative estimate of drug-likeness (QED) is 0.880. The zero-order valence-electron chi connectivity index (χ0n) is 9.69. The summed E-state index contributed by atoms with van der Waals surface area (Å²) in [6.45, 7) is 0. The van der Waals surface area contributed by atoms with Crippen molar-refractivity contribution >= 4 is 22.5 Å². The van der Waals surface area contributed by atoms with E-state index in [1.165, 1.54) is 12.1 Å². The monoisotopic (exact) mass is 271 g/mol. The summed E-state index contributed by atoms with van der Waals surface area (Å²) in [5, 5.41) is 11.8. The molecular weight excluding hydrogens is 257 g/mol. The van der Waals surface area contributed by atoms with Crippen LogP contribution < -0.4 is 5.32 Å². The molecule has 0 spiro atoms. The van der Waals surface area contributed by atoms with E-state index in [0.29, 0.717) is 17.2 Å². The molecule has 1 heterocycles. The first-order valence-electron chi connectivity index (χ1n) is 5.70. The third-order valence-corrected chi connectivity index (χ3v) is 4.35. The second-order valence-electron chi connectivity index (χ2n) is 4.27. The van der Waals surface area contributed by atoms with Gasteiger partial charge in [-0.1, -0.05) is 0 Å². The van der Waals surface area contributed by atoms with Gasteiger partial charge >= 0.3 is 5.97 Å². The van der Waals surface area contributed by atoms with Gasteiger partial charge in [-0.25, -0.2) is 9.18 Å². The van der Waals surface area contributed by atoms with Gasteiger partial charge in [0.1, 0.15) is 5.82 Å². The van der Waals surface area contributed by atoms with E-state index in [0.717, 1.165) is 18.9 Å². The highest BCUT2D eigenvalue weighted by Crippen LogP contribution is 2.20. The first-order chi connectivity index (χ1) is 8.56. The number of anilines is 1. The SMILES string of the molecule is O=C(O)c1ccc(NC2CCS(=O)CC2)c(F)c1. The molecule has 1 aliphatic rings. The van der Waals surface area contributed by atoms with Crippen molar-refractivity contribution in [1.29, 1.82) is 0 Å². The molecule has 2 N–H and O–H groups in total. The molecule has 98 valence electrons. The molecule has 1 aromatic rings. The largest absolute Gasteiger partial charge is 0.478 e. The van der Waals surface area contributed by atoms with Crippen LogP contribution in [-0.2, 0) is 10.8 Å². The Morgan fingerprint density at radius 2 is 2.06 bits per heavy atom. The Bertz CT molecular complexity index is 482. The summed E-state index contributed by atoms with van der Waals surface area (Å²) in [6.07, 6.45) is 1.49. The number of rotatable bonds is 3. The molecular formula is C12H14FNO3S. The first kappa shape index (κ1) is 13.0. The summed E-state index contributed by atoms with van der Waals surface area (Å²) in [5.41, 5.74) is 0.237. The molecule has 1 aliphatic heterocycles. The van der Waals surface area contributed by atoms with Crippen LogP contribution in [0.1, 0.15) is 23.2 Å². The van der Waals surface area contributed by atoms with Crippen LogP contribution in [0.2, 0.25) is 0 Å². The van der Waals surface area contributed by atoms with Gasteiger partial charge < -0.3 is 10.4 Å². The van der Waals surface area contributed by atoms with Gasteiger partial charge in [-0.2, -0.15) is 0 Å². The molecule has 0 unspecified atom stereocenters. The predicted octanol–water partition coefficient (Wildman–Crippen LogP) is 1.85. The Labute approximate surface area is 107 Å². The van der Waals surface area contributed by atoms with Crippen LogP contribution >= 0.6 is 0 Å². The molecule has 6 heteroatoms. The second-order valence-corrected chi connectivity index (χ2v) is 5.96. The van der Waals surface area contributed by atoms with Crippen molar-refractivity contribution in [2.75, 3.05) is 16.8 Å². The molecule has 0 bridgehead atoms. The number of carbonyl (C=O) groups is 1. The number of carboxylic acids is 1. The number of carboxylic acid groups (broad SMARTS) is 1. The average molecular weight is 271 g/mol. The van der Waals surface area contributed by atoms with Crippen LogP contribution in [0.15, 0.2) is 18.2 Å². The summed E-state index contributed by atoms with van der Waals surface area (Å²) < 4.78 is 24.8. The van der Waals surface area contributed by atoms with Crippen LogP contribution in [0.5, 0.6) is 0 Å². The second kappa shape index (κ2) is 5.48. The summed E-state index contributed by atoms with van der Waals surface area (Å²) in [4.78, 5) is 10.7. The maximum Gasteiger partial charge on any atom is 0.335 e. The van der Waals surface area contributed by atoms with Gasteiger partial charge in [0.25, 0.3) is 0 Å². The Hall–Kier alpha value is -1.43. The Morgan fingerprint density at radius 1 is 1.39 bits per heavy atom. The number of nitrogens with one attached hydrogen (secondary N) is 1. The zero-order valence-corrected chi connectivity index (χ0v) is 10.5. The van der Waals surface area contributed by atoms with E-state index in [4.69, 9.17) is 5.11 Å². The average Bonchev–Trinajstić information content (AvgIpc) is 2.34. The van der Waals surface area contributed by atoms with Crippen LogP contribution in [0.25, 0.3) is 0 Å². The van der Waals surface area contributed by atoms with E-state index in [1.807, 2.05) is 0 Å². The Balaban J connectivity index is 2.05. The zero-order chi connectivity index (χ0) is 13.1. The van der Waals surface area contributed by atoms with Gasteiger partial charge in [0, 0.05) is 28.3 Å². The Kier molecular flexibility index (Phi) is 3.96. The van der Waals surface area contributed by atoms with Gasteiger partial charge in [-0.05, 0) is 31.0 Å². The molecule has 0 radical (unpaired) electrons. The summed E-state index contributed by atoms with van der Waals surface area (Å²) >= 11 is 0. The topological polar surface area (TPSA) is 66.4 Å². The molecule has 2 rings (SSSR count). The van der Waals surface area contributed by atoms with Crippen molar-refractivity contribution in [1.82, 2.24) is 0 Å². The van der Waals surface area contributed by atoms with E-state index in [9.17, 15) is 13.4 Å². The minimum absolute atomic E-state index is 0.0669. The number of halogens is 1. The standard InChI is InChI=1S/C12H14FNO3S/c13-10-7-8(12(15)16)1-2-11(10)14-9-3-5-18(17)6-4-9/h1-2,7,9,14H,3-6H2,(H,15,16).